The van der Waals surface area contributed by atoms with Gasteiger partial charge in [-0.05, 0) is 38.5 Å². The first kappa shape index (κ1) is 19.9. The Bertz CT molecular complexity index is 852. The molecule has 0 saturated carbocycles. The largest absolute Gasteiger partial charge is 0.496 e. The molecule has 6 nitrogen and oxygen atoms in total. The van der Waals surface area contributed by atoms with Crippen LogP contribution in [0, 0.1) is 0 Å². The lowest BCUT2D eigenvalue weighted by atomic mass is 9.93. The quantitative estimate of drug-likeness (QED) is 0.629. The lowest BCUT2D eigenvalue weighted by molar-refractivity contribution is -0.139. The Morgan fingerprint density at radius 1 is 1.37 bits per heavy atom. The lowest BCUT2D eigenvalue weighted by Crippen LogP contribution is -2.41. The van der Waals surface area contributed by atoms with Crippen molar-refractivity contribution in [2.75, 3.05) is 13.7 Å². The highest BCUT2D eigenvalue weighted by atomic mass is 79.9. The number of aliphatic imine (C=N–C) groups is 1. The Morgan fingerprint density at radius 3 is 2.74 bits per heavy atom. The van der Waals surface area contributed by atoms with Crippen LogP contribution in [0.4, 0.5) is 0 Å². The van der Waals surface area contributed by atoms with Crippen LogP contribution in [0.5, 0.6) is 5.75 Å². The van der Waals surface area contributed by atoms with E-state index in [0.29, 0.717) is 34.2 Å². The molecule has 0 spiro atoms. The van der Waals surface area contributed by atoms with Gasteiger partial charge in [0.1, 0.15) is 11.8 Å². The van der Waals surface area contributed by atoms with Gasteiger partial charge >= 0.3 is 5.97 Å². The summed E-state index contributed by atoms with van der Waals surface area (Å²) < 4.78 is 11.6. The monoisotopic (exact) mass is 452 g/mol. The summed E-state index contributed by atoms with van der Waals surface area (Å²) >= 11 is 4.92. The number of thioether (sulfide) groups is 1. The number of hydrogen-bond donors (Lipinski definition) is 0. The molecule has 2 atom stereocenters. The molecule has 0 N–H and O–H groups in total. The molecule has 1 fully saturated rings. The zero-order chi connectivity index (χ0) is 19.7. The molecule has 0 bridgehead atoms. The summed E-state index contributed by atoms with van der Waals surface area (Å²) in [4.78, 5) is 32.0. The Morgan fingerprint density at radius 2 is 2.11 bits per heavy atom. The van der Waals surface area contributed by atoms with Gasteiger partial charge in [-0.2, -0.15) is 0 Å². The highest BCUT2D eigenvalue weighted by molar-refractivity contribution is 9.10. The van der Waals surface area contributed by atoms with E-state index in [0.717, 1.165) is 4.47 Å². The summed E-state index contributed by atoms with van der Waals surface area (Å²) in [6, 6.07) is 4.90. The van der Waals surface area contributed by atoms with Crippen LogP contribution in [0.25, 0.3) is 0 Å². The van der Waals surface area contributed by atoms with Crippen LogP contribution in [0.15, 0.2) is 38.9 Å². The number of fused-ring (bicyclic) bond motifs is 1. The van der Waals surface area contributed by atoms with Crippen LogP contribution in [0.2, 0.25) is 0 Å². The van der Waals surface area contributed by atoms with E-state index in [1.807, 2.05) is 25.1 Å². The molecule has 0 aromatic heterocycles. The molecule has 0 unspecified atom stereocenters. The predicted molar refractivity (Wildman–Crippen MR) is 109 cm³/mol. The minimum atomic E-state index is -0.638. The highest BCUT2D eigenvalue weighted by Gasteiger charge is 2.48. The second-order valence-corrected chi connectivity index (χ2v) is 8.21. The highest BCUT2D eigenvalue weighted by Crippen LogP contribution is 2.46. The number of carbonyl (C=O) groups is 2. The van der Waals surface area contributed by atoms with Crippen LogP contribution in [-0.4, -0.2) is 40.9 Å². The van der Waals surface area contributed by atoms with E-state index in [-0.39, 0.29) is 17.8 Å². The molecular formula is C19H21BrN2O4S. The van der Waals surface area contributed by atoms with Gasteiger partial charge in [0.05, 0.1) is 30.2 Å². The summed E-state index contributed by atoms with van der Waals surface area (Å²) in [5, 5.41) is 0.406. The van der Waals surface area contributed by atoms with Crippen LogP contribution >= 0.6 is 27.7 Å². The van der Waals surface area contributed by atoms with Crippen molar-refractivity contribution in [1.82, 2.24) is 4.90 Å². The number of rotatable bonds is 5. The molecule has 0 radical (unpaired) electrons. The van der Waals surface area contributed by atoms with Gasteiger partial charge in [0.2, 0.25) is 5.91 Å². The summed E-state index contributed by atoms with van der Waals surface area (Å²) in [5.41, 5.74) is 1.64. The molecule has 1 amide bonds. The summed E-state index contributed by atoms with van der Waals surface area (Å²) in [6.07, 6.45) is 0.690. The summed E-state index contributed by atoms with van der Waals surface area (Å²) in [7, 11) is 1.57. The Balaban J connectivity index is 2.22. The number of carbonyl (C=O) groups excluding carboxylic acids is 2. The SMILES string of the molecule is CCOC(=O)C1=C(C)N=C2S[C@H](CC)C(=O)N2[C@@H]1c1cc(Br)ccc1OC. The average molecular weight is 453 g/mol. The fourth-order valence-corrected chi connectivity index (χ4v) is 4.78. The maximum atomic E-state index is 13.1. The normalized spacial score (nSPS) is 21.9. The number of nitrogens with zero attached hydrogens (tertiary/aromatic N) is 2. The van der Waals surface area contributed by atoms with Gasteiger partial charge in [0, 0.05) is 10.0 Å². The number of hydrogen-bond acceptors (Lipinski definition) is 6. The number of ether oxygens (including phenoxy) is 2. The van der Waals surface area contributed by atoms with E-state index in [1.165, 1.54) is 11.8 Å². The zero-order valence-corrected chi connectivity index (χ0v) is 18.0. The van der Waals surface area contributed by atoms with Crippen LogP contribution < -0.4 is 4.74 Å². The van der Waals surface area contributed by atoms with Crippen LogP contribution in [0.3, 0.4) is 0 Å². The number of methoxy groups -OCH3 is 1. The smallest absolute Gasteiger partial charge is 0.338 e. The van der Waals surface area contributed by atoms with Crippen molar-refractivity contribution in [1.29, 1.82) is 0 Å². The standard InChI is InChI=1S/C19H21BrN2O4S/c1-5-14-17(23)22-16(12-9-11(20)7-8-13(12)25-4)15(18(24)26-6-2)10(3)21-19(22)27-14/h7-9,14,16H,5-6H2,1-4H3/t14-,16-/m1/s1. The van der Waals surface area contributed by atoms with Crippen molar-refractivity contribution in [3.63, 3.8) is 0 Å². The third-order valence-corrected chi connectivity index (χ3v) is 6.32. The van der Waals surface area contributed by atoms with E-state index in [4.69, 9.17) is 9.47 Å². The lowest BCUT2D eigenvalue weighted by Gasteiger charge is -2.33. The molecule has 2 aliphatic rings. The molecule has 2 heterocycles. The molecule has 3 rings (SSSR count). The first-order chi connectivity index (χ1) is 12.9. The number of amidine groups is 1. The van der Waals surface area contributed by atoms with Gasteiger partial charge in [-0.25, -0.2) is 9.79 Å². The van der Waals surface area contributed by atoms with Crippen molar-refractivity contribution < 1.29 is 19.1 Å². The first-order valence-corrected chi connectivity index (χ1v) is 10.4. The van der Waals surface area contributed by atoms with E-state index in [9.17, 15) is 9.59 Å². The average Bonchev–Trinajstić information content (AvgIpc) is 2.96. The van der Waals surface area contributed by atoms with Gasteiger partial charge in [0.15, 0.2) is 5.17 Å². The van der Waals surface area contributed by atoms with Gasteiger partial charge < -0.3 is 9.47 Å². The molecule has 27 heavy (non-hydrogen) atoms. The molecule has 144 valence electrons. The molecule has 1 aromatic carbocycles. The minimum Gasteiger partial charge on any atom is -0.496 e. The second-order valence-electron chi connectivity index (χ2n) is 6.13. The van der Waals surface area contributed by atoms with Crippen molar-refractivity contribution in [2.24, 2.45) is 4.99 Å². The Hall–Kier alpha value is -1.80. The van der Waals surface area contributed by atoms with Crippen LogP contribution in [-0.2, 0) is 14.3 Å². The molecular weight excluding hydrogens is 432 g/mol. The molecule has 8 heteroatoms. The Kier molecular flexibility index (Phi) is 5.95. The molecule has 1 aromatic rings. The summed E-state index contributed by atoms with van der Waals surface area (Å²) in [5.74, 6) is 0.0713. The predicted octanol–water partition coefficient (Wildman–Crippen LogP) is 4.06. The summed E-state index contributed by atoms with van der Waals surface area (Å²) in [6.45, 7) is 5.74. The van der Waals surface area contributed by atoms with Gasteiger partial charge in [0.25, 0.3) is 0 Å². The fraction of sp³-hybridized carbons (Fsp3) is 0.421. The van der Waals surface area contributed by atoms with E-state index >= 15 is 0 Å². The maximum Gasteiger partial charge on any atom is 0.338 e. The van der Waals surface area contributed by atoms with Gasteiger partial charge in [-0.15, -0.1) is 0 Å². The van der Waals surface area contributed by atoms with Crippen molar-refractivity contribution >= 4 is 44.7 Å². The number of allylic oxidation sites excluding steroid dienone is 1. The first-order valence-electron chi connectivity index (χ1n) is 8.72. The van der Waals surface area contributed by atoms with E-state index < -0.39 is 12.0 Å². The maximum absolute atomic E-state index is 13.1. The second kappa shape index (κ2) is 8.06. The van der Waals surface area contributed by atoms with Crippen molar-refractivity contribution in [3.05, 3.63) is 39.5 Å². The van der Waals surface area contributed by atoms with Gasteiger partial charge in [-0.1, -0.05) is 34.6 Å². The van der Waals surface area contributed by atoms with E-state index in [2.05, 4.69) is 20.9 Å². The van der Waals surface area contributed by atoms with E-state index in [1.54, 1.807) is 25.9 Å². The topological polar surface area (TPSA) is 68.2 Å². The number of benzene rings is 1. The Labute approximate surface area is 171 Å². The minimum absolute atomic E-state index is 0.0532. The molecule has 1 saturated heterocycles. The number of halogens is 1. The zero-order valence-electron chi connectivity index (χ0n) is 15.6. The third-order valence-electron chi connectivity index (χ3n) is 4.50. The van der Waals surface area contributed by atoms with Crippen molar-refractivity contribution in [2.45, 2.75) is 38.5 Å². The molecule has 2 aliphatic heterocycles. The van der Waals surface area contributed by atoms with Crippen LogP contribution in [0.1, 0.15) is 38.8 Å². The fourth-order valence-electron chi connectivity index (χ4n) is 3.27. The van der Waals surface area contributed by atoms with Crippen molar-refractivity contribution in [3.8, 4) is 5.75 Å². The number of amides is 1. The molecule has 0 aliphatic carbocycles. The third kappa shape index (κ3) is 3.52. The number of esters is 1. The van der Waals surface area contributed by atoms with Gasteiger partial charge in [-0.3, -0.25) is 9.69 Å².